The Morgan fingerprint density at radius 3 is 1.85 bits per heavy atom. The minimum absolute atomic E-state index is 0.0202. The topological polar surface area (TPSA) is 255 Å². The van der Waals surface area contributed by atoms with Crippen LogP contribution in [-0.2, 0) is 33.5 Å². The molecule has 6 saturated carbocycles. The maximum absolute atomic E-state index is 14.1. The van der Waals surface area contributed by atoms with Gasteiger partial charge in [-0.1, -0.05) is 48.0 Å². The third-order valence-electron chi connectivity index (χ3n) is 19.0. The van der Waals surface area contributed by atoms with Crippen LogP contribution in [0.15, 0.2) is 0 Å². The Balaban J connectivity index is 1.16. The zero-order chi connectivity index (χ0) is 49.2. The molecule has 6 aliphatic rings. The molecule has 0 aromatic carbocycles. The molecule has 0 aliphatic heterocycles. The molecule has 0 spiro atoms. The van der Waals surface area contributed by atoms with Crippen LogP contribution in [0.25, 0.3) is 0 Å². The van der Waals surface area contributed by atoms with Gasteiger partial charge in [-0.2, -0.15) is 0 Å². The Morgan fingerprint density at radius 1 is 0.687 bits per heavy atom. The van der Waals surface area contributed by atoms with Crippen molar-refractivity contribution >= 4 is 35.8 Å². The first-order valence-electron chi connectivity index (χ1n) is 25.3. The van der Waals surface area contributed by atoms with Crippen LogP contribution >= 0.6 is 0 Å². The van der Waals surface area contributed by atoms with Crippen molar-refractivity contribution in [2.24, 2.45) is 63.6 Å². The molecule has 0 radical (unpaired) electrons. The summed E-state index contributed by atoms with van der Waals surface area (Å²) >= 11 is 0. The van der Waals surface area contributed by atoms with Gasteiger partial charge < -0.3 is 40.7 Å². The fraction of sp³-hybridized carbons (Fsp3) is 0.880. The number of carbonyl (C=O) groups excluding carboxylic acids is 1. The minimum Gasteiger partial charge on any atom is -0.481 e. The quantitative estimate of drug-likeness (QED) is 0.0582. The molecule has 0 aromatic rings. The number of fused-ring (bicyclic) bond motifs is 6. The highest BCUT2D eigenvalue weighted by Gasteiger charge is 2.74. The fourth-order valence-corrected chi connectivity index (χ4v) is 15.4. The van der Waals surface area contributed by atoms with Crippen molar-refractivity contribution in [1.29, 1.82) is 0 Å². The molecule has 1 amide bonds. The van der Waals surface area contributed by atoms with Gasteiger partial charge in [-0.05, 0) is 141 Å². The molecule has 67 heavy (non-hydrogen) atoms. The number of nitrogens with zero attached hydrogens (tertiary/aromatic N) is 3. The third-order valence-corrected chi connectivity index (χ3v) is 19.0. The van der Waals surface area contributed by atoms with Crippen LogP contribution in [0.1, 0.15) is 138 Å². The summed E-state index contributed by atoms with van der Waals surface area (Å²) in [6, 6.07) is -0.0203. The molecule has 6 rings (SSSR count). The molecule has 0 aromatic heterocycles. The second-order valence-corrected chi connectivity index (χ2v) is 23.1. The summed E-state index contributed by atoms with van der Waals surface area (Å²) in [5.74, 6) is -2.76. The number of hydrogen-bond acceptors (Lipinski definition) is 11. The first-order chi connectivity index (χ1) is 31.4. The molecular formula is C50H82N4O13. The van der Waals surface area contributed by atoms with E-state index in [9.17, 15) is 59.4 Å². The van der Waals surface area contributed by atoms with Gasteiger partial charge in [0.2, 0.25) is 5.91 Å². The van der Waals surface area contributed by atoms with Gasteiger partial charge in [0, 0.05) is 45.1 Å². The van der Waals surface area contributed by atoms with Crippen molar-refractivity contribution in [2.45, 2.75) is 162 Å². The predicted octanol–water partition coefficient (Wildman–Crippen LogP) is 5.18. The number of aliphatic hydroxyl groups excluding tert-OH is 1. The van der Waals surface area contributed by atoms with Crippen molar-refractivity contribution in [3.63, 3.8) is 0 Å². The van der Waals surface area contributed by atoms with Crippen LogP contribution in [0.2, 0.25) is 0 Å². The highest BCUT2D eigenvalue weighted by molar-refractivity contribution is 5.76. The largest absolute Gasteiger partial charge is 0.481 e. The lowest BCUT2D eigenvalue weighted by atomic mass is 9.43. The van der Waals surface area contributed by atoms with E-state index in [1.165, 1.54) is 9.80 Å². The Kier molecular flexibility index (Phi) is 16.9. The van der Waals surface area contributed by atoms with Gasteiger partial charge in [0.1, 0.15) is 6.23 Å². The molecule has 0 bridgehead atoms. The van der Waals surface area contributed by atoms with E-state index in [0.29, 0.717) is 41.9 Å². The van der Waals surface area contributed by atoms with E-state index in [4.69, 9.17) is 4.74 Å². The monoisotopic (exact) mass is 947 g/mol. The van der Waals surface area contributed by atoms with E-state index >= 15 is 0 Å². The summed E-state index contributed by atoms with van der Waals surface area (Å²) < 4.78 is 7.25. The number of hydrogen-bond donors (Lipinski definition) is 7. The number of carboxylic acids is 5. The summed E-state index contributed by atoms with van der Waals surface area (Å²) in [6.45, 7) is 11.7. The molecule has 3 unspecified atom stereocenters. The normalized spacial score (nSPS) is 36.0. The smallest absolute Gasteiger partial charge is 0.317 e. The van der Waals surface area contributed by atoms with Crippen molar-refractivity contribution in [3.8, 4) is 0 Å². The number of aliphatic hydroxyl groups is 1. The molecule has 6 aliphatic carbocycles. The van der Waals surface area contributed by atoms with Crippen LogP contribution in [0, 0.1) is 63.6 Å². The highest BCUT2D eigenvalue weighted by Crippen LogP contribution is 2.72. The summed E-state index contributed by atoms with van der Waals surface area (Å²) in [5, 5.41) is 63.2. The lowest BCUT2D eigenvalue weighted by Gasteiger charge is -2.62. The maximum Gasteiger partial charge on any atom is 0.317 e. The molecule has 0 heterocycles. The van der Waals surface area contributed by atoms with E-state index in [-0.39, 0.29) is 85.5 Å². The second-order valence-electron chi connectivity index (χ2n) is 23.1. The summed E-state index contributed by atoms with van der Waals surface area (Å²) in [7, 11) is 0. The van der Waals surface area contributed by atoms with Crippen LogP contribution in [-0.4, -0.2) is 157 Å². The Labute approximate surface area is 396 Å². The number of rotatable bonds is 25. The molecule has 380 valence electrons. The van der Waals surface area contributed by atoms with E-state index < -0.39 is 74.0 Å². The van der Waals surface area contributed by atoms with Crippen LogP contribution < -0.4 is 5.32 Å². The summed E-state index contributed by atoms with van der Waals surface area (Å²) in [4.78, 5) is 77.1. The van der Waals surface area contributed by atoms with Crippen molar-refractivity contribution in [2.75, 3.05) is 52.4 Å². The second kappa shape index (κ2) is 21.3. The van der Waals surface area contributed by atoms with Gasteiger partial charge in [-0.25, -0.2) is 0 Å². The Morgan fingerprint density at radius 2 is 1.28 bits per heavy atom. The molecule has 7 N–H and O–H groups in total. The van der Waals surface area contributed by atoms with Crippen molar-refractivity contribution < 1.29 is 64.1 Å². The minimum atomic E-state index is -1.19. The van der Waals surface area contributed by atoms with E-state index in [0.717, 1.165) is 70.6 Å². The molecule has 6 fully saturated rings. The number of carbonyl (C=O) groups is 6. The van der Waals surface area contributed by atoms with Crippen LogP contribution in [0.4, 0.5) is 0 Å². The van der Waals surface area contributed by atoms with E-state index in [1.807, 2.05) is 4.90 Å². The molecular weight excluding hydrogens is 865 g/mol. The Hall–Kier alpha value is -3.38. The lowest BCUT2D eigenvalue weighted by molar-refractivity contribution is -0.170. The van der Waals surface area contributed by atoms with Crippen LogP contribution in [0.3, 0.4) is 0 Å². The van der Waals surface area contributed by atoms with Gasteiger partial charge in [0.05, 0.1) is 37.9 Å². The van der Waals surface area contributed by atoms with Gasteiger partial charge in [-0.15, -0.1) is 0 Å². The summed E-state index contributed by atoms with van der Waals surface area (Å²) in [6.07, 6.45) is 10.5. The average Bonchev–Trinajstić information content (AvgIpc) is 3.46. The maximum atomic E-state index is 14.1. The first kappa shape index (κ1) is 53.0. The van der Waals surface area contributed by atoms with Crippen LogP contribution in [0.5, 0.6) is 0 Å². The molecule has 17 nitrogen and oxygen atoms in total. The highest BCUT2D eigenvalue weighted by atomic mass is 16.5. The molecule has 17 heteroatoms. The van der Waals surface area contributed by atoms with E-state index in [1.54, 1.807) is 0 Å². The average molecular weight is 947 g/mol. The van der Waals surface area contributed by atoms with Gasteiger partial charge in [0.25, 0.3) is 0 Å². The molecule has 14 atom stereocenters. The number of nitrogens with one attached hydrogen (secondary N) is 1. The molecule has 0 saturated heterocycles. The van der Waals surface area contributed by atoms with Gasteiger partial charge in [0.15, 0.2) is 0 Å². The zero-order valence-corrected chi connectivity index (χ0v) is 41.0. The van der Waals surface area contributed by atoms with E-state index in [2.05, 4.69) is 46.9 Å². The third kappa shape index (κ3) is 11.6. The summed E-state index contributed by atoms with van der Waals surface area (Å²) in [5.41, 5.74) is -0.847. The van der Waals surface area contributed by atoms with Gasteiger partial charge >= 0.3 is 29.8 Å². The SMILES string of the molecule is CC1CCC2C(C)(C)C2(O[C@@H](CCC(=O)N[C@H]2CC[C@@]3(C)[C@H](CC[C@@H]4[C@@H]3C[C@H](O)[C@]3(C)[C@@H]([C@H](C)CCC(=O)O)CC[C@@H]43)C2)N(CCN(CC(=O)O)CC(=O)O)CCN(CC(=O)O)CC(=O)O)C1. The first-order valence-corrected chi connectivity index (χ1v) is 25.3. The Bertz CT molecular complexity index is 1740. The lowest BCUT2D eigenvalue weighted by Crippen LogP contribution is -2.59. The number of aliphatic carboxylic acids is 5. The fourth-order valence-electron chi connectivity index (χ4n) is 15.4. The standard InChI is InChI=1S/C50H82N4O13/c1-30-7-13-38-47(3,4)50(38,25-30)67-41(54(21-19-52(26-43(59)60)27-44(61)62)22-20-53(28-45(63)64)29-46(65)66)15-14-40(56)51-33-17-18-48(5)32(23-33)9-10-34-36-12-11-35(31(2)8-16-42(57)58)49(36,6)39(55)24-37(34)48/h30-39,41,55H,7-29H2,1-6H3,(H,51,56)(H,57,58)(H,59,60)(H,61,62)(H,63,64)(H,65,66)/t30?,31-,32-,33+,34+,35-,36+,37+,38?,39+,41+,48+,49-,50?/m1/s1. The predicted molar refractivity (Wildman–Crippen MR) is 247 cm³/mol. The number of carboxylic acid groups (broad SMARTS) is 5. The van der Waals surface area contributed by atoms with Gasteiger partial charge in [-0.3, -0.25) is 43.5 Å². The van der Waals surface area contributed by atoms with Crippen molar-refractivity contribution in [3.05, 3.63) is 0 Å². The number of amides is 1. The zero-order valence-electron chi connectivity index (χ0n) is 41.0. The number of ether oxygens (including phenoxy) is 1. The van der Waals surface area contributed by atoms with Crippen molar-refractivity contribution in [1.82, 2.24) is 20.0 Å².